The summed E-state index contributed by atoms with van der Waals surface area (Å²) in [7, 11) is 1.64. The number of nitrogens with zero attached hydrogens (tertiary/aromatic N) is 3. The highest BCUT2D eigenvalue weighted by Crippen LogP contribution is 2.28. The van der Waals surface area contributed by atoms with Crippen molar-refractivity contribution in [2.24, 2.45) is 7.05 Å². The van der Waals surface area contributed by atoms with E-state index in [1.54, 1.807) is 7.05 Å². The second-order valence-corrected chi connectivity index (χ2v) is 3.74. The lowest BCUT2D eigenvalue weighted by Crippen LogP contribution is -2.08. The van der Waals surface area contributed by atoms with E-state index in [9.17, 15) is 14.5 Å². The van der Waals surface area contributed by atoms with E-state index in [0.717, 1.165) is 6.42 Å². The normalized spacial score (nSPS) is 10.5. The van der Waals surface area contributed by atoms with E-state index in [1.807, 2.05) is 6.92 Å². The minimum absolute atomic E-state index is 0.00760. The Morgan fingerprint density at radius 1 is 1.59 bits per heavy atom. The van der Waals surface area contributed by atoms with Crippen LogP contribution in [0.2, 0.25) is 0 Å². The SMILES string of the molecule is CCCc1nn(C)c(NCCCF)c1[N+](=O)[O-]. The molecule has 0 saturated carbocycles. The Morgan fingerprint density at radius 3 is 2.82 bits per heavy atom. The molecule has 0 amide bonds. The highest BCUT2D eigenvalue weighted by molar-refractivity contribution is 5.59. The van der Waals surface area contributed by atoms with Crippen molar-refractivity contribution in [3.63, 3.8) is 0 Å². The molecule has 1 aromatic rings. The van der Waals surface area contributed by atoms with Crippen molar-refractivity contribution in [2.75, 3.05) is 18.5 Å². The van der Waals surface area contributed by atoms with Gasteiger partial charge in [0, 0.05) is 13.6 Å². The predicted octanol–water partition coefficient (Wildman–Crippen LogP) is 2.05. The highest BCUT2D eigenvalue weighted by Gasteiger charge is 2.25. The Kier molecular flexibility index (Phi) is 4.86. The number of alkyl halides is 1. The van der Waals surface area contributed by atoms with Gasteiger partial charge in [-0.05, 0) is 12.8 Å². The van der Waals surface area contributed by atoms with Crippen LogP contribution in [-0.4, -0.2) is 27.9 Å². The van der Waals surface area contributed by atoms with Crippen molar-refractivity contribution in [1.82, 2.24) is 9.78 Å². The fourth-order valence-corrected chi connectivity index (χ4v) is 1.64. The topological polar surface area (TPSA) is 73.0 Å². The van der Waals surface area contributed by atoms with Gasteiger partial charge < -0.3 is 5.32 Å². The van der Waals surface area contributed by atoms with Crippen LogP contribution in [-0.2, 0) is 13.5 Å². The summed E-state index contributed by atoms with van der Waals surface area (Å²) in [5, 5.41) is 18.0. The van der Waals surface area contributed by atoms with E-state index in [-0.39, 0.29) is 5.69 Å². The number of aryl methyl sites for hydroxylation is 2. The van der Waals surface area contributed by atoms with Crippen LogP contribution >= 0.6 is 0 Å². The van der Waals surface area contributed by atoms with Crippen LogP contribution in [0.25, 0.3) is 0 Å². The van der Waals surface area contributed by atoms with Crippen LogP contribution in [0.15, 0.2) is 0 Å². The molecular formula is C10H17FN4O2. The lowest BCUT2D eigenvalue weighted by Gasteiger charge is -2.03. The van der Waals surface area contributed by atoms with Crippen LogP contribution in [0.3, 0.4) is 0 Å². The molecule has 1 N–H and O–H groups in total. The highest BCUT2D eigenvalue weighted by atomic mass is 19.1. The second-order valence-electron chi connectivity index (χ2n) is 3.74. The van der Waals surface area contributed by atoms with Crippen molar-refractivity contribution in [2.45, 2.75) is 26.2 Å². The maximum absolute atomic E-state index is 12.0. The van der Waals surface area contributed by atoms with Gasteiger partial charge in [-0.15, -0.1) is 0 Å². The fourth-order valence-electron chi connectivity index (χ4n) is 1.64. The van der Waals surface area contributed by atoms with E-state index in [1.165, 1.54) is 4.68 Å². The lowest BCUT2D eigenvalue weighted by molar-refractivity contribution is -0.384. The lowest BCUT2D eigenvalue weighted by atomic mass is 10.2. The van der Waals surface area contributed by atoms with Crippen molar-refractivity contribution >= 4 is 11.5 Å². The van der Waals surface area contributed by atoms with Crippen LogP contribution < -0.4 is 5.32 Å². The Hall–Kier alpha value is -1.66. The van der Waals surface area contributed by atoms with Crippen molar-refractivity contribution in [3.8, 4) is 0 Å². The van der Waals surface area contributed by atoms with Crippen molar-refractivity contribution in [1.29, 1.82) is 0 Å². The van der Waals surface area contributed by atoms with E-state index in [2.05, 4.69) is 10.4 Å². The van der Waals surface area contributed by atoms with Gasteiger partial charge in [-0.2, -0.15) is 5.10 Å². The predicted molar refractivity (Wildman–Crippen MR) is 62.9 cm³/mol. The van der Waals surface area contributed by atoms with Crippen LogP contribution in [0.5, 0.6) is 0 Å². The van der Waals surface area contributed by atoms with Gasteiger partial charge in [-0.3, -0.25) is 14.5 Å². The monoisotopic (exact) mass is 244 g/mol. The number of halogens is 1. The number of hydrogen-bond donors (Lipinski definition) is 1. The van der Waals surface area contributed by atoms with E-state index in [0.29, 0.717) is 30.9 Å². The molecule has 1 rings (SSSR count). The molecule has 0 radical (unpaired) electrons. The molecular weight excluding hydrogens is 227 g/mol. The van der Waals surface area contributed by atoms with Crippen LogP contribution in [0, 0.1) is 10.1 Å². The first-order chi connectivity index (χ1) is 8.11. The summed E-state index contributed by atoms with van der Waals surface area (Å²) in [6.45, 7) is 1.86. The summed E-state index contributed by atoms with van der Waals surface area (Å²) in [4.78, 5) is 10.6. The average Bonchev–Trinajstić information content (AvgIpc) is 2.56. The molecule has 0 bridgehead atoms. The van der Waals surface area contributed by atoms with Crippen molar-refractivity contribution < 1.29 is 9.31 Å². The molecule has 0 atom stereocenters. The molecule has 0 aromatic carbocycles. The van der Waals surface area contributed by atoms with E-state index in [4.69, 9.17) is 0 Å². The Morgan fingerprint density at radius 2 is 2.29 bits per heavy atom. The molecule has 0 unspecified atom stereocenters. The minimum Gasteiger partial charge on any atom is -0.364 e. The first kappa shape index (κ1) is 13.4. The molecule has 1 aromatic heterocycles. The molecule has 7 heteroatoms. The Labute approximate surface area is 99.0 Å². The zero-order chi connectivity index (χ0) is 12.8. The molecule has 0 fully saturated rings. The van der Waals surface area contributed by atoms with Gasteiger partial charge >= 0.3 is 5.69 Å². The minimum atomic E-state index is -0.444. The molecule has 6 nitrogen and oxygen atoms in total. The number of nitrogens with one attached hydrogen (secondary N) is 1. The van der Waals surface area contributed by atoms with Crippen LogP contribution in [0.4, 0.5) is 15.9 Å². The van der Waals surface area contributed by atoms with Gasteiger partial charge in [-0.25, -0.2) is 4.68 Å². The van der Waals surface area contributed by atoms with Gasteiger partial charge in [0.1, 0.15) is 5.69 Å². The number of rotatable bonds is 7. The number of anilines is 1. The summed E-state index contributed by atoms with van der Waals surface area (Å²) in [6, 6.07) is 0. The van der Waals surface area contributed by atoms with Gasteiger partial charge in [0.25, 0.3) is 0 Å². The summed E-state index contributed by atoms with van der Waals surface area (Å²) in [6.07, 6.45) is 1.68. The van der Waals surface area contributed by atoms with Gasteiger partial charge in [0.05, 0.1) is 11.6 Å². The summed E-state index contributed by atoms with van der Waals surface area (Å²) >= 11 is 0. The number of hydrogen-bond acceptors (Lipinski definition) is 4. The van der Waals surface area contributed by atoms with E-state index < -0.39 is 11.6 Å². The molecule has 96 valence electrons. The zero-order valence-electron chi connectivity index (χ0n) is 10.1. The molecule has 0 saturated heterocycles. The summed E-state index contributed by atoms with van der Waals surface area (Å²) < 4.78 is 13.4. The van der Waals surface area contributed by atoms with Crippen molar-refractivity contribution in [3.05, 3.63) is 15.8 Å². The average molecular weight is 244 g/mol. The molecule has 0 aliphatic carbocycles. The second kappa shape index (κ2) is 6.17. The summed E-state index contributed by atoms with van der Waals surface area (Å²) in [5.74, 6) is 0.354. The quantitative estimate of drug-likeness (QED) is 0.452. The smallest absolute Gasteiger partial charge is 0.333 e. The first-order valence-corrected chi connectivity index (χ1v) is 5.61. The maximum Gasteiger partial charge on any atom is 0.333 e. The first-order valence-electron chi connectivity index (χ1n) is 5.61. The molecule has 0 aliphatic heterocycles. The van der Waals surface area contributed by atoms with Gasteiger partial charge in [-0.1, -0.05) is 13.3 Å². The van der Waals surface area contributed by atoms with E-state index >= 15 is 0 Å². The van der Waals surface area contributed by atoms with Crippen LogP contribution in [0.1, 0.15) is 25.5 Å². The Balaban J connectivity index is 2.96. The third-order valence-electron chi connectivity index (χ3n) is 2.36. The fraction of sp³-hybridized carbons (Fsp3) is 0.700. The zero-order valence-corrected chi connectivity index (χ0v) is 10.1. The third kappa shape index (κ3) is 3.15. The Bertz CT molecular complexity index is 392. The number of aromatic nitrogens is 2. The molecule has 1 heterocycles. The third-order valence-corrected chi connectivity index (χ3v) is 2.36. The van der Waals surface area contributed by atoms with Gasteiger partial charge in [0.15, 0.2) is 0 Å². The standard InChI is InChI=1S/C10H17FN4O2/c1-3-5-8-9(15(16)17)10(14(2)13-8)12-7-4-6-11/h12H,3-7H2,1-2H3. The molecule has 17 heavy (non-hydrogen) atoms. The maximum atomic E-state index is 12.0. The number of nitro groups is 1. The van der Waals surface area contributed by atoms with Gasteiger partial charge in [0.2, 0.25) is 5.82 Å². The largest absolute Gasteiger partial charge is 0.364 e. The molecule has 0 aliphatic rings. The molecule has 0 spiro atoms. The summed E-state index contributed by atoms with van der Waals surface area (Å²) in [5.41, 5.74) is 0.482.